The van der Waals surface area contributed by atoms with Crippen LogP contribution in [0.5, 0.6) is 0 Å². The lowest BCUT2D eigenvalue weighted by atomic mass is 9.91. The summed E-state index contributed by atoms with van der Waals surface area (Å²) in [5, 5.41) is 0. The summed E-state index contributed by atoms with van der Waals surface area (Å²) in [7, 11) is 0. The van der Waals surface area contributed by atoms with E-state index in [1.165, 1.54) is 51.4 Å². The Hall–Kier alpha value is -0.420. The van der Waals surface area contributed by atoms with Crippen LogP contribution in [0.4, 0.5) is 26.3 Å². The van der Waals surface area contributed by atoms with Crippen molar-refractivity contribution in [1.82, 2.24) is 0 Å². The second-order valence-corrected chi connectivity index (χ2v) is 13.6. The summed E-state index contributed by atoms with van der Waals surface area (Å²) in [6, 6.07) is 0. The number of unbranched alkanes of at least 4 members (excludes halogenated alkanes) is 1. The van der Waals surface area contributed by atoms with E-state index in [0.29, 0.717) is 12.8 Å². The Labute approximate surface area is 293 Å². The molecule has 0 N–H and O–H groups in total. The average molecular weight is 685 g/mol. The number of hydrogen-bond donors (Lipinski definition) is 0. The summed E-state index contributed by atoms with van der Waals surface area (Å²) in [4.78, 5) is 0. The minimum atomic E-state index is -3.98. The molecule has 0 saturated heterocycles. The van der Waals surface area contributed by atoms with Gasteiger partial charge in [0.25, 0.3) is 0 Å². The monoisotopic (exact) mass is 685 g/mol. The van der Waals surface area contributed by atoms with Gasteiger partial charge in [-0.1, -0.05) is 207 Å². The first-order valence-corrected chi connectivity index (χ1v) is 18.5. The zero-order valence-corrected chi connectivity index (χ0v) is 33.7. The summed E-state index contributed by atoms with van der Waals surface area (Å²) < 4.78 is 98.6. The molecule has 2 fully saturated rings. The topological polar surface area (TPSA) is 0 Å². The second-order valence-electron chi connectivity index (χ2n) is 13.6. The fourth-order valence-electron chi connectivity index (χ4n) is 3.21. The first-order chi connectivity index (χ1) is 22.4. The van der Waals surface area contributed by atoms with E-state index in [1.54, 1.807) is 34.6 Å². The first-order valence-electron chi connectivity index (χ1n) is 20.5. The van der Waals surface area contributed by atoms with Crippen molar-refractivity contribution >= 4 is 0 Å². The van der Waals surface area contributed by atoms with Gasteiger partial charge in [-0.2, -0.15) is 26.3 Å². The Morgan fingerprint density at radius 3 is 0.891 bits per heavy atom. The van der Waals surface area contributed by atoms with Crippen LogP contribution in [0.15, 0.2) is 0 Å². The maximum atomic E-state index is 11.5. The Kier molecular flexibility index (Phi) is 40.5. The van der Waals surface area contributed by atoms with Gasteiger partial charge in [0.05, 0.1) is 0 Å². The summed E-state index contributed by atoms with van der Waals surface area (Å²) in [5.41, 5.74) is -0.229. The molecule has 0 heterocycles. The van der Waals surface area contributed by atoms with Crippen molar-refractivity contribution in [3.8, 4) is 0 Å². The molecule has 2 aliphatic rings. The third-order valence-electron chi connectivity index (χ3n) is 6.97. The van der Waals surface area contributed by atoms with E-state index >= 15 is 0 Å². The van der Waals surface area contributed by atoms with Gasteiger partial charge in [0, 0.05) is 18.3 Å². The number of alkyl halides is 6. The molecular formula is C40H86F6. The van der Waals surface area contributed by atoms with Gasteiger partial charge in [-0.3, -0.25) is 0 Å². The summed E-state index contributed by atoms with van der Waals surface area (Å²) in [5.74, 6) is -0.590. The van der Waals surface area contributed by atoms with Gasteiger partial charge >= 0.3 is 12.4 Å². The van der Waals surface area contributed by atoms with Gasteiger partial charge in [-0.25, -0.2) is 0 Å². The second kappa shape index (κ2) is 39.0. The predicted octanol–water partition coefficient (Wildman–Crippen LogP) is 17.4. The van der Waals surface area contributed by atoms with Crippen LogP contribution in [0.3, 0.4) is 0 Å². The molecule has 0 aromatic rings. The van der Waals surface area contributed by atoms with Gasteiger partial charge in [0.2, 0.25) is 0 Å². The van der Waals surface area contributed by atoms with Crippen LogP contribution in [0.25, 0.3) is 0 Å². The highest BCUT2D eigenvalue weighted by Crippen LogP contribution is 2.27. The average Bonchev–Trinajstić information content (AvgIpc) is 3.36. The Bertz CT molecular complexity index is 627. The molecule has 46 heavy (non-hydrogen) atoms. The van der Waals surface area contributed by atoms with Crippen LogP contribution in [-0.2, 0) is 0 Å². The highest BCUT2D eigenvalue weighted by molar-refractivity contribution is 4.61. The minimum absolute atomic E-state index is 0.0556. The van der Waals surface area contributed by atoms with Crippen LogP contribution in [-0.4, -0.2) is 12.4 Å². The number of hydrogen-bond acceptors (Lipinski definition) is 0. The maximum absolute atomic E-state index is 11.5. The fraction of sp³-hybridized carbons (Fsp3) is 1.00. The standard InChI is InChI=1S/C7H14.2C6H11F3.C6H12.C6H14.C4H10.C3H8.C2H6/c1-7-5-3-2-4-6-7;2*1-3-5(2)4-6(7,8)9;1-6-4-2-3-5-6;1-5-6(2,3)4;1-3-4-2;1-3-2;1-2/h7H,2-6H2,1H3;2*5H,3-4H2,1-2H3;6H,2-5H2,1H3;5H2,1-4H3;3-4H2,1-2H3;3H2,1-2H3;1-2H3/t;2*5-;;;;;/m.00...../s1/i7D;;;6D;5D2;;;. The summed E-state index contributed by atoms with van der Waals surface area (Å²) >= 11 is 0. The molecule has 0 spiro atoms. The predicted molar refractivity (Wildman–Crippen MR) is 198 cm³/mol. The van der Waals surface area contributed by atoms with E-state index in [-0.39, 0.29) is 29.0 Å². The lowest BCUT2D eigenvalue weighted by molar-refractivity contribution is -0.144. The zero-order valence-electron chi connectivity index (χ0n) is 37.7. The van der Waals surface area contributed by atoms with Crippen molar-refractivity contribution in [2.45, 2.75) is 232 Å². The molecule has 0 amide bonds. The largest absolute Gasteiger partial charge is 0.389 e. The van der Waals surface area contributed by atoms with Gasteiger partial charge < -0.3 is 0 Å². The normalized spacial score (nSPS) is 19.0. The van der Waals surface area contributed by atoms with E-state index in [4.69, 9.17) is 5.48 Å². The molecule has 0 bridgehead atoms. The number of rotatable bonds is 5. The van der Waals surface area contributed by atoms with Crippen molar-refractivity contribution in [2.75, 3.05) is 0 Å². The van der Waals surface area contributed by atoms with Crippen molar-refractivity contribution in [2.24, 2.45) is 29.0 Å². The van der Waals surface area contributed by atoms with Crippen molar-refractivity contribution < 1.29 is 31.8 Å². The van der Waals surface area contributed by atoms with Crippen LogP contribution >= 0.6 is 0 Å². The minimum Gasteiger partial charge on any atom is -0.171 e. The van der Waals surface area contributed by atoms with Gasteiger partial charge in [0.1, 0.15) is 0 Å². The number of halogens is 6. The third kappa shape index (κ3) is 74.4. The van der Waals surface area contributed by atoms with Crippen molar-refractivity contribution in [3.05, 3.63) is 0 Å². The molecule has 0 nitrogen and oxygen atoms in total. The molecule has 0 unspecified atom stereocenters. The van der Waals surface area contributed by atoms with Crippen molar-refractivity contribution in [1.29, 1.82) is 0 Å². The highest BCUT2D eigenvalue weighted by Gasteiger charge is 2.29. The molecule has 0 aromatic carbocycles. The molecule has 0 aromatic heterocycles. The van der Waals surface area contributed by atoms with E-state index in [1.807, 2.05) is 48.5 Å². The van der Waals surface area contributed by atoms with E-state index < -0.39 is 31.6 Å². The van der Waals surface area contributed by atoms with Crippen LogP contribution in [0, 0.1) is 29.0 Å². The zero-order chi connectivity index (χ0) is 41.5. The molecule has 6 heteroatoms. The first kappa shape index (κ1) is 47.7. The fourth-order valence-corrected chi connectivity index (χ4v) is 3.21. The van der Waals surface area contributed by atoms with Gasteiger partial charge in [0.15, 0.2) is 0 Å². The maximum Gasteiger partial charge on any atom is 0.389 e. The van der Waals surface area contributed by atoms with Crippen LogP contribution in [0.1, 0.15) is 225 Å². The smallest absolute Gasteiger partial charge is 0.171 e. The molecule has 2 atom stereocenters. The van der Waals surface area contributed by atoms with Gasteiger partial charge in [-0.15, -0.1) is 0 Å². The molecular weight excluding hydrogens is 594 g/mol. The lowest BCUT2D eigenvalue weighted by Gasteiger charge is -2.15. The third-order valence-corrected chi connectivity index (χ3v) is 6.97. The summed E-state index contributed by atoms with van der Waals surface area (Å²) in [6.07, 6.45) is 5.71. The molecule has 0 aliphatic heterocycles. The van der Waals surface area contributed by atoms with E-state index in [2.05, 4.69) is 27.7 Å². The van der Waals surface area contributed by atoms with E-state index in [0.717, 1.165) is 25.7 Å². The Morgan fingerprint density at radius 1 is 0.587 bits per heavy atom. The van der Waals surface area contributed by atoms with Crippen LogP contribution in [0.2, 0.25) is 0 Å². The SMILES string of the molecule is CC.CCC.CCCC.CC[C@H](C)CC(F)(F)F.CC[C@H](C)CC(F)(F)F.[2H]C([2H])(C)C(C)(C)C.[2H]C1(C)CCCC1.[2H]C1(C)CCCCC1. The van der Waals surface area contributed by atoms with Crippen molar-refractivity contribution in [3.63, 3.8) is 0 Å². The highest BCUT2D eigenvalue weighted by atomic mass is 19.4. The summed E-state index contributed by atoms with van der Waals surface area (Å²) in [6.45, 7) is 30.7. The lowest BCUT2D eigenvalue weighted by Crippen LogP contribution is -2.12. The molecule has 2 saturated carbocycles. The Morgan fingerprint density at radius 2 is 0.804 bits per heavy atom. The van der Waals surface area contributed by atoms with Gasteiger partial charge in [-0.05, 0) is 29.0 Å². The molecule has 288 valence electrons. The van der Waals surface area contributed by atoms with E-state index in [9.17, 15) is 26.3 Å². The van der Waals surface area contributed by atoms with Crippen LogP contribution < -0.4 is 0 Å². The quantitative estimate of drug-likeness (QED) is 0.253. The molecule has 2 rings (SSSR count). The Balaban J connectivity index is -0.000000114. The molecule has 2 aliphatic carbocycles. The molecule has 0 radical (unpaired) electrons.